The molecule has 0 aliphatic heterocycles. The van der Waals surface area contributed by atoms with Crippen molar-refractivity contribution in [1.82, 2.24) is 0 Å². The average molecular weight is 321 g/mol. The molecule has 0 aliphatic carbocycles. The minimum absolute atomic E-state index is 0.00932. The molecule has 1 aromatic heterocycles. The van der Waals surface area contributed by atoms with Gasteiger partial charge in [-0.05, 0) is 24.3 Å². The van der Waals surface area contributed by atoms with Gasteiger partial charge in [0, 0.05) is 11.5 Å². The molecule has 2 aromatic carbocycles. The molecule has 1 heterocycles. The van der Waals surface area contributed by atoms with Crippen LogP contribution in [0.25, 0.3) is 11.0 Å². The number of carboxylic acids is 1. The Labute approximate surface area is 129 Å². The van der Waals surface area contributed by atoms with E-state index in [1.165, 1.54) is 18.2 Å². The van der Waals surface area contributed by atoms with Gasteiger partial charge >= 0.3 is 5.97 Å². The molecule has 112 valence electrons. The van der Waals surface area contributed by atoms with Crippen LogP contribution in [0.2, 0.25) is 5.02 Å². The minimum Gasteiger partial charge on any atom is -0.478 e. The molecule has 0 spiro atoms. The Bertz CT molecular complexity index is 856. The van der Waals surface area contributed by atoms with E-state index >= 15 is 0 Å². The molecule has 3 rings (SSSR count). The number of furan rings is 1. The van der Waals surface area contributed by atoms with Gasteiger partial charge in [0.2, 0.25) is 0 Å². The Balaban J connectivity index is 1.98. The molecule has 0 unspecified atom stereocenters. The van der Waals surface area contributed by atoms with E-state index in [1.54, 1.807) is 24.3 Å². The molecule has 4 nitrogen and oxygen atoms in total. The highest BCUT2D eigenvalue weighted by Crippen LogP contribution is 2.33. The van der Waals surface area contributed by atoms with E-state index in [4.69, 9.17) is 25.9 Å². The summed E-state index contributed by atoms with van der Waals surface area (Å²) >= 11 is 5.90. The van der Waals surface area contributed by atoms with Crippen molar-refractivity contribution in [2.45, 2.75) is 6.67 Å². The lowest BCUT2D eigenvalue weighted by molar-refractivity contribution is 0.0697. The van der Waals surface area contributed by atoms with E-state index in [2.05, 4.69) is 0 Å². The summed E-state index contributed by atoms with van der Waals surface area (Å²) in [6.45, 7) is -0.701. The quantitative estimate of drug-likeness (QED) is 0.731. The molecule has 0 amide bonds. The van der Waals surface area contributed by atoms with Crippen molar-refractivity contribution < 1.29 is 23.4 Å². The molecular weight excluding hydrogens is 311 g/mol. The lowest BCUT2D eigenvalue weighted by Gasteiger charge is -2.07. The zero-order chi connectivity index (χ0) is 15.7. The highest BCUT2D eigenvalue weighted by Gasteiger charge is 2.13. The molecule has 0 saturated heterocycles. The standard InChI is InChI=1S/C16H10ClFO4/c17-13-7-10(4-5-12(13)16(19)20)21-14-3-1-2-9-6-11(8-18)22-15(9)14/h1-7H,8H2,(H,19,20). The summed E-state index contributed by atoms with van der Waals surface area (Å²) < 4.78 is 23.7. The third kappa shape index (κ3) is 2.63. The van der Waals surface area contributed by atoms with Crippen LogP contribution in [0.3, 0.4) is 0 Å². The van der Waals surface area contributed by atoms with Crippen LogP contribution in [-0.2, 0) is 6.67 Å². The number of aromatic carboxylic acids is 1. The maximum absolute atomic E-state index is 12.7. The van der Waals surface area contributed by atoms with Crippen LogP contribution in [0.15, 0.2) is 46.9 Å². The number of carbonyl (C=O) groups is 1. The average Bonchev–Trinajstić information content (AvgIpc) is 2.91. The number of alkyl halides is 1. The maximum atomic E-state index is 12.7. The SMILES string of the molecule is O=C(O)c1ccc(Oc2cccc3cc(CF)oc23)cc1Cl. The van der Waals surface area contributed by atoms with Crippen LogP contribution in [0.1, 0.15) is 16.1 Å². The van der Waals surface area contributed by atoms with Gasteiger partial charge in [0.05, 0.1) is 10.6 Å². The maximum Gasteiger partial charge on any atom is 0.337 e. The summed E-state index contributed by atoms with van der Waals surface area (Å²) in [5.74, 6) is -0.139. The second kappa shape index (κ2) is 5.69. The third-order valence-corrected chi connectivity index (χ3v) is 3.40. The van der Waals surface area contributed by atoms with Crippen LogP contribution in [0.5, 0.6) is 11.5 Å². The summed E-state index contributed by atoms with van der Waals surface area (Å²) in [5.41, 5.74) is 0.415. The molecule has 0 fully saturated rings. The lowest BCUT2D eigenvalue weighted by atomic mass is 10.2. The molecule has 0 atom stereocenters. The van der Waals surface area contributed by atoms with Gasteiger partial charge in [-0.3, -0.25) is 0 Å². The van der Waals surface area contributed by atoms with Crippen molar-refractivity contribution >= 4 is 28.5 Å². The predicted octanol–water partition coefficient (Wildman–Crippen LogP) is 5.05. The zero-order valence-corrected chi connectivity index (χ0v) is 11.9. The van der Waals surface area contributed by atoms with E-state index in [9.17, 15) is 9.18 Å². The van der Waals surface area contributed by atoms with Crippen LogP contribution < -0.4 is 4.74 Å². The predicted molar refractivity (Wildman–Crippen MR) is 79.5 cm³/mol. The number of para-hydroxylation sites is 1. The fourth-order valence-electron chi connectivity index (χ4n) is 2.10. The minimum atomic E-state index is -1.11. The first-order valence-electron chi connectivity index (χ1n) is 6.36. The lowest BCUT2D eigenvalue weighted by Crippen LogP contribution is -1.97. The summed E-state index contributed by atoms with van der Waals surface area (Å²) in [5, 5.41) is 9.73. The van der Waals surface area contributed by atoms with Crippen molar-refractivity contribution in [3.63, 3.8) is 0 Å². The van der Waals surface area contributed by atoms with Gasteiger partial charge in [-0.25, -0.2) is 9.18 Å². The number of halogens is 2. The van der Waals surface area contributed by atoms with Crippen molar-refractivity contribution in [2.75, 3.05) is 0 Å². The number of hydrogen-bond donors (Lipinski definition) is 1. The number of rotatable bonds is 4. The molecule has 0 bridgehead atoms. The van der Waals surface area contributed by atoms with Gasteiger partial charge in [-0.2, -0.15) is 0 Å². The normalized spacial score (nSPS) is 10.8. The van der Waals surface area contributed by atoms with Crippen LogP contribution in [-0.4, -0.2) is 11.1 Å². The molecule has 22 heavy (non-hydrogen) atoms. The first-order valence-corrected chi connectivity index (χ1v) is 6.74. The van der Waals surface area contributed by atoms with Crippen LogP contribution >= 0.6 is 11.6 Å². The molecule has 0 radical (unpaired) electrons. The molecule has 0 aliphatic rings. The Kier molecular flexibility index (Phi) is 3.73. The first-order chi connectivity index (χ1) is 10.6. The van der Waals surface area contributed by atoms with Gasteiger partial charge in [0.25, 0.3) is 0 Å². The Morgan fingerprint density at radius 2 is 2.09 bits per heavy atom. The van der Waals surface area contributed by atoms with E-state index in [1.807, 2.05) is 0 Å². The van der Waals surface area contributed by atoms with Gasteiger partial charge in [0.15, 0.2) is 11.3 Å². The van der Waals surface area contributed by atoms with Crippen molar-refractivity contribution in [3.8, 4) is 11.5 Å². The molecule has 6 heteroatoms. The Hall–Kier alpha value is -2.53. The number of benzene rings is 2. The molecular formula is C16H10ClFO4. The third-order valence-electron chi connectivity index (χ3n) is 3.09. The summed E-state index contributed by atoms with van der Waals surface area (Å²) in [4.78, 5) is 10.9. The van der Waals surface area contributed by atoms with E-state index in [0.717, 1.165) is 5.39 Å². The number of ether oxygens (including phenoxy) is 1. The molecule has 0 saturated carbocycles. The van der Waals surface area contributed by atoms with Gasteiger partial charge < -0.3 is 14.3 Å². The van der Waals surface area contributed by atoms with E-state index in [0.29, 0.717) is 17.1 Å². The van der Waals surface area contributed by atoms with Crippen molar-refractivity contribution in [3.05, 3.63) is 58.8 Å². The number of fused-ring (bicyclic) bond motifs is 1. The molecule has 1 N–H and O–H groups in total. The highest BCUT2D eigenvalue weighted by molar-refractivity contribution is 6.33. The largest absolute Gasteiger partial charge is 0.478 e. The molecule has 3 aromatic rings. The Morgan fingerprint density at radius 3 is 2.77 bits per heavy atom. The van der Waals surface area contributed by atoms with Gasteiger partial charge in [-0.1, -0.05) is 23.7 Å². The van der Waals surface area contributed by atoms with Gasteiger partial charge in [-0.15, -0.1) is 0 Å². The second-order valence-corrected chi connectivity index (χ2v) is 4.98. The Morgan fingerprint density at radius 1 is 1.27 bits per heavy atom. The fraction of sp³-hybridized carbons (Fsp3) is 0.0625. The smallest absolute Gasteiger partial charge is 0.337 e. The van der Waals surface area contributed by atoms with Crippen molar-refractivity contribution in [1.29, 1.82) is 0 Å². The van der Waals surface area contributed by atoms with E-state index in [-0.39, 0.29) is 16.3 Å². The topological polar surface area (TPSA) is 59.7 Å². The number of carboxylic acid groups (broad SMARTS) is 1. The fourth-order valence-corrected chi connectivity index (χ4v) is 2.35. The second-order valence-electron chi connectivity index (χ2n) is 4.57. The summed E-state index contributed by atoms with van der Waals surface area (Å²) in [6, 6.07) is 11.1. The zero-order valence-electron chi connectivity index (χ0n) is 11.2. The monoisotopic (exact) mass is 320 g/mol. The number of hydrogen-bond acceptors (Lipinski definition) is 3. The first kappa shape index (κ1) is 14.4. The summed E-state index contributed by atoms with van der Waals surface area (Å²) in [7, 11) is 0. The van der Waals surface area contributed by atoms with E-state index < -0.39 is 12.6 Å². The van der Waals surface area contributed by atoms with Gasteiger partial charge in [0.1, 0.15) is 18.2 Å². The van der Waals surface area contributed by atoms with Crippen LogP contribution in [0.4, 0.5) is 4.39 Å². The summed E-state index contributed by atoms with van der Waals surface area (Å²) in [6.07, 6.45) is 0. The van der Waals surface area contributed by atoms with Crippen LogP contribution in [0, 0.1) is 0 Å². The highest BCUT2D eigenvalue weighted by atomic mass is 35.5. The van der Waals surface area contributed by atoms with Crippen molar-refractivity contribution in [2.24, 2.45) is 0 Å².